The van der Waals surface area contributed by atoms with E-state index in [1.807, 2.05) is 30.3 Å². The average Bonchev–Trinajstić information content (AvgIpc) is 3.08. The summed E-state index contributed by atoms with van der Waals surface area (Å²) in [6, 6.07) is 9.61. The predicted octanol–water partition coefficient (Wildman–Crippen LogP) is 1.90. The molecule has 1 aliphatic rings. The van der Waals surface area contributed by atoms with Crippen LogP contribution < -0.4 is 16.0 Å². The van der Waals surface area contributed by atoms with E-state index in [1.165, 1.54) is 6.42 Å². The topological polar surface area (TPSA) is 101 Å². The Kier molecular flexibility index (Phi) is 6.19. The molecule has 0 aliphatic heterocycles. The molecule has 1 heterocycles. The second-order valence-electron chi connectivity index (χ2n) is 6.50. The van der Waals surface area contributed by atoms with Gasteiger partial charge in [-0.1, -0.05) is 54.8 Å². The minimum absolute atomic E-state index is 0.0551. The van der Waals surface area contributed by atoms with E-state index in [0.717, 1.165) is 31.2 Å². The maximum absolute atomic E-state index is 11.9. The van der Waals surface area contributed by atoms with Gasteiger partial charge in [0.15, 0.2) is 5.82 Å². The van der Waals surface area contributed by atoms with Gasteiger partial charge in [0.25, 0.3) is 0 Å². The fourth-order valence-electron chi connectivity index (χ4n) is 3.05. The third-order valence-corrected chi connectivity index (χ3v) is 4.35. The SMILES string of the molecule is O=C(CNC(=O)Nc1cn(Cc2ccccc2)nn1)NC1CCCCC1. The van der Waals surface area contributed by atoms with E-state index in [2.05, 4.69) is 26.3 Å². The van der Waals surface area contributed by atoms with Crippen molar-refractivity contribution in [2.24, 2.45) is 0 Å². The summed E-state index contributed by atoms with van der Waals surface area (Å²) in [5.74, 6) is 0.172. The number of carbonyl (C=O) groups is 2. The highest BCUT2D eigenvalue weighted by molar-refractivity contribution is 5.91. The van der Waals surface area contributed by atoms with E-state index >= 15 is 0 Å². The Morgan fingerprint density at radius 1 is 1.12 bits per heavy atom. The minimum Gasteiger partial charge on any atom is -0.352 e. The molecule has 2 aromatic rings. The van der Waals surface area contributed by atoms with Gasteiger partial charge in [-0.2, -0.15) is 0 Å². The molecule has 0 saturated heterocycles. The molecule has 0 unspecified atom stereocenters. The molecule has 1 aliphatic carbocycles. The molecule has 3 N–H and O–H groups in total. The second kappa shape index (κ2) is 8.98. The molecular formula is C18H24N6O2. The average molecular weight is 356 g/mol. The monoisotopic (exact) mass is 356 g/mol. The van der Waals surface area contributed by atoms with Crippen molar-refractivity contribution in [3.05, 3.63) is 42.1 Å². The lowest BCUT2D eigenvalue weighted by molar-refractivity contribution is -0.120. The van der Waals surface area contributed by atoms with Crippen LogP contribution in [0, 0.1) is 0 Å². The van der Waals surface area contributed by atoms with Gasteiger partial charge in [-0.15, -0.1) is 5.10 Å². The summed E-state index contributed by atoms with van der Waals surface area (Å²) in [6.07, 6.45) is 7.21. The van der Waals surface area contributed by atoms with Crippen molar-refractivity contribution in [1.82, 2.24) is 25.6 Å². The molecule has 0 spiro atoms. The van der Waals surface area contributed by atoms with Crippen LogP contribution in [0.5, 0.6) is 0 Å². The summed E-state index contributed by atoms with van der Waals surface area (Å²) in [7, 11) is 0. The van der Waals surface area contributed by atoms with Gasteiger partial charge in [0.2, 0.25) is 5.91 Å². The van der Waals surface area contributed by atoms with Gasteiger partial charge in [-0.25, -0.2) is 9.48 Å². The van der Waals surface area contributed by atoms with Gasteiger partial charge in [0, 0.05) is 6.04 Å². The van der Waals surface area contributed by atoms with Gasteiger partial charge >= 0.3 is 6.03 Å². The van der Waals surface area contributed by atoms with E-state index in [0.29, 0.717) is 12.4 Å². The van der Waals surface area contributed by atoms with Gasteiger partial charge in [0.1, 0.15) is 0 Å². The third-order valence-electron chi connectivity index (χ3n) is 4.35. The van der Waals surface area contributed by atoms with Crippen LogP contribution in [0.15, 0.2) is 36.5 Å². The summed E-state index contributed by atoms with van der Waals surface area (Å²) in [6.45, 7) is 0.515. The van der Waals surface area contributed by atoms with E-state index in [1.54, 1.807) is 10.9 Å². The Bertz CT molecular complexity index is 724. The van der Waals surface area contributed by atoms with Crippen molar-refractivity contribution in [2.45, 2.75) is 44.7 Å². The molecule has 0 radical (unpaired) electrons. The van der Waals surface area contributed by atoms with Crippen molar-refractivity contribution in [3.63, 3.8) is 0 Å². The highest BCUT2D eigenvalue weighted by Crippen LogP contribution is 2.17. The molecule has 0 bridgehead atoms. The lowest BCUT2D eigenvalue weighted by Gasteiger charge is -2.22. The number of anilines is 1. The number of hydrogen-bond donors (Lipinski definition) is 3. The molecular weight excluding hydrogens is 332 g/mol. The lowest BCUT2D eigenvalue weighted by Crippen LogP contribution is -2.43. The largest absolute Gasteiger partial charge is 0.352 e. The lowest BCUT2D eigenvalue weighted by atomic mass is 9.95. The number of urea groups is 1. The fraction of sp³-hybridized carbons (Fsp3) is 0.444. The molecule has 138 valence electrons. The third kappa shape index (κ3) is 5.58. The van der Waals surface area contributed by atoms with Crippen LogP contribution in [0.4, 0.5) is 10.6 Å². The Labute approximate surface area is 152 Å². The Morgan fingerprint density at radius 3 is 2.65 bits per heavy atom. The number of aromatic nitrogens is 3. The fourth-order valence-corrected chi connectivity index (χ4v) is 3.05. The first-order chi connectivity index (χ1) is 12.7. The van der Waals surface area contributed by atoms with Crippen molar-refractivity contribution < 1.29 is 9.59 Å². The second-order valence-corrected chi connectivity index (χ2v) is 6.50. The van der Waals surface area contributed by atoms with Crippen molar-refractivity contribution >= 4 is 17.8 Å². The molecule has 3 amide bonds. The zero-order chi connectivity index (χ0) is 18.2. The first kappa shape index (κ1) is 17.9. The van der Waals surface area contributed by atoms with Crippen LogP contribution in [0.2, 0.25) is 0 Å². The van der Waals surface area contributed by atoms with Crippen molar-refractivity contribution in [3.8, 4) is 0 Å². The van der Waals surface area contributed by atoms with E-state index < -0.39 is 6.03 Å². The standard InChI is InChI=1S/C18H24N6O2/c25-17(20-15-9-5-2-6-10-15)11-19-18(26)21-16-13-24(23-22-16)12-14-7-3-1-4-8-14/h1,3-4,7-8,13,15H,2,5-6,9-12H2,(H,20,25)(H2,19,21,26). The van der Waals surface area contributed by atoms with Gasteiger partial charge in [-0.3, -0.25) is 10.1 Å². The Balaban J connectivity index is 1.40. The zero-order valence-electron chi connectivity index (χ0n) is 14.6. The maximum Gasteiger partial charge on any atom is 0.320 e. The summed E-state index contributed by atoms with van der Waals surface area (Å²) in [5, 5.41) is 16.0. The Hall–Kier alpha value is -2.90. The smallest absolute Gasteiger partial charge is 0.320 e. The minimum atomic E-state index is -0.476. The number of hydrogen-bond acceptors (Lipinski definition) is 4. The molecule has 3 rings (SSSR count). The van der Waals surface area contributed by atoms with Crippen LogP contribution in [-0.2, 0) is 11.3 Å². The molecule has 8 heteroatoms. The van der Waals surface area contributed by atoms with E-state index in [9.17, 15) is 9.59 Å². The van der Waals surface area contributed by atoms with Crippen LogP contribution in [0.25, 0.3) is 0 Å². The molecule has 1 fully saturated rings. The first-order valence-electron chi connectivity index (χ1n) is 8.97. The number of nitrogens with zero attached hydrogens (tertiary/aromatic N) is 3. The Morgan fingerprint density at radius 2 is 1.88 bits per heavy atom. The highest BCUT2D eigenvalue weighted by atomic mass is 16.2. The maximum atomic E-state index is 11.9. The summed E-state index contributed by atoms with van der Waals surface area (Å²) in [4.78, 5) is 23.8. The van der Waals surface area contributed by atoms with Gasteiger partial charge in [0.05, 0.1) is 19.3 Å². The van der Waals surface area contributed by atoms with E-state index in [-0.39, 0.29) is 18.5 Å². The first-order valence-corrected chi connectivity index (χ1v) is 8.97. The number of amides is 3. The molecule has 0 atom stereocenters. The molecule has 26 heavy (non-hydrogen) atoms. The van der Waals surface area contributed by atoms with Gasteiger partial charge < -0.3 is 10.6 Å². The summed E-state index contributed by atoms with van der Waals surface area (Å²) < 4.78 is 1.64. The van der Waals surface area contributed by atoms with Crippen molar-refractivity contribution in [1.29, 1.82) is 0 Å². The number of benzene rings is 1. The van der Waals surface area contributed by atoms with Crippen LogP contribution >= 0.6 is 0 Å². The normalized spacial score (nSPS) is 14.6. The molecule has 1 saturated carbocycles. The molecule has 1 aromatic heterocycles. The molecule has 8 nitrogen and oxygen atoms in total. The number of rotatable bonds is 6. The van der Waals surface area contributed by atoms with Crippen LogP contribution in [-0.4, -0.2) is 39.5 Å². The number of carbonyl (C=O) groups excluding carboxylic acids is 2. The number of nitrogens with one attached hydrogen (secondary N) is 3. The predicted molar refractivity (Wildman–Crippen MR) is 97.6 cm³/mol. The van der Waals surface area contributed by atoms with Crippen molar-refractivity contribution in [2.75, 3.05) is 11.9 Å². The zero-order valence-corrected chi connectivity index (χ0v) is 14.6. The summed E-state index contributed by atoms with van der Waals surface area (Å²) in [5.41, 5.74) is 1.09. The summed E-state index contributed by atoms with van der Waals surface area (Å²) >= 11 is 0. The quantitative estimate of drug-likeness (QED) is 0.736. The van der Waals surface area contributed by atoms with E-state index in [4.69, 9.17) is 0 Å². The van der Waals surface area contributed by atoms with Crippen LogP contribution in [0.3, 0.4) is 0 Å². The molecule has 1 aromatic carbocycles. The highest BCUT2D eigenvalue weighted by Gasteiger charge is 2.16. The van der Waals surface area contributed by atoms with Gasteiger partial charge in [-0.05, 0) is 18.4 Å². The van der Waals surface area contributed by atoms with Crippen LogP contribution in [0.1, 0.15) is 37.7 Å².